The van der Waals surface area contributed by atoms with Crippen LogP contribution in [0.2, 0.25) is 0 Å². The minimum absolute atomic E-state index is 0.178. The molecule has 2 heterocycles. The highest BCUT2D eigenvalue weighted by atomic mass is 32.1. The van der Waals surface area contributed by atoms with Crippen LogP contribution in [-0.4, -0.2) is 36.2 Å². The van der Waals surface area contributed by atoms with Gasteiger partial charge in [-0.15, -0.1) is 11.3 Å². The molecule has 0 bridgehead atoms. The van der Waals surface area contributed by atoms with Crippen LogP contribution in [0.4, 0.5) is 0 Å². The standard InChI is InChI=1S/C16H28N2OS/c1-12-10-18(6-7-19-12)11-14-8-15(20-13(14)2)9-17-16(3,4)5/h8,12,17H,6-7,9-11H2,1-5H3. The van der Waals surface area contributed by atoms with Crippen molar-refractivity contribution in [2.75, 3.05) is 19.7 Å². The van der Waals surface area contributed by atoms with Gasteiger partial charge in [-0.05, 0) is 46.2 Å². The average molecular weight is 296 g/mol. The third-order valence-corrected chi connectivity index (χ3v) is 4.68. The van der Waals surface area contributed by atoms with E-state index in [1.807, 2.05) is 11.3 Å². The van der Waals surface area contributed by atoms with Crippen LogP contribution in [0.3, 0.4) is 0 Å². The van der Waals surface area contributed by atoms with Gasteiger partial charge in [-0.3, -0.25) is 4.90 Å². The highest BCUT2D eigenvalue weighted by Crippen LogP contribution is 2.24. The van der Waals surface area contributed by atoms with E-state index in [2.05, 4.69) is 50.9 Å². The van der Waals surface area contributed by atoms with Crippen LogP contribution >= 0.6 is 11.3 Å². The predicted molar refractivity (Wildman–Crippen MR) is 86.3 cm³/mol. The molecule has 1 aromatic heterocycles. The third kappa shape index (κ3) is 4.85. The maximum atomic E-state index is 5.61. The Morgan fingerprint density at radius 3 is 2.85 bits per heavy atom. The van der Waals surface area contributed by atoms with Crippen LogP contribution in [0.15, 0.2) is 6.07 Å². The maximum Gasteiger partial charge on any atom is 0.0674 e. The number of nitrogens with one attached hydrogen (secondary N) is 1. The molecule has 1 aromatic rings. The average Bonchev–Trinajstić information content (AvgIpc) is 2.67. The SMILES string of the molecule is Cc1sc(CNC(C)(C)C)cc1CN1CCOC(C)C1. The van der Waals surface area contributed by atoms with Gasteiger partial charge in [-0.2, -0.15) is 0 Å². The van der Waals surface area contributed by atoms with E-state index in [9.17, 15) is 0 Å². The second-order valence-corrected chi connectivity index (χ2v) is 8.16. The molecule has 0 aliphatic carbocycles. The number of hydrogen-bond donors (Lipinski definition) is 1. The van der Waals surface area contributed by atoms with Crippen LogP contribution in [0.1, 0.15) is 43.0 Å². The van der Waals surface area contributed by atoms with Gasteiger partial charge in [-0.1, -0.05) is 0 Å². The molecule has 1 atom stereocenters. The largest absolute Gasteiger partial charge is 0.376 e. The molecule has 1 saturated heterocycles. The molecule has 2 rings (SSSR count). The van der Waals surface area contributed by atoms with Crippen molar-refractivity contribution >= 4 is 11.3 Å². The van der Waals surface area contributed by atoms with Crippen molar-refractivity contribution < 1.29 is 4.74 Å². The molecule has 114 valence electrons. The normalized spacial score (nSPS) is 21.4. The Balaban J connectivity index is 1.93. The van der Waals surface area contributed by atoms with Gasteiger partial charge in [0.15, 0.2) is 0 Å². The summed E-state index contributed by atoms with van der Waals surface area (Å²) >= 11 is 1.92. The molecule has 3 nitrogen and oxygen atoms in total. The number of ether oxygens (including phenoxy) is 1. The number of hydrogen-bond acceptors (Lipinski definition) is 4. The lowest BCUT2D eigenvalue weighted by atomic mass is 10.1. The molecule has 1 aliphatic rings. The first-order valence-corrected chi connectivity index (χ1v) is 8.32. The Kier molecular flexibility index (Phi) is 5.24. The van der Waals surface area contributed by atoms with E-state index in [1.54, 1.807) is 0 Å². The summed E-state index contributed by atoms with van der Waals surface area (Å²) in [7, 11) is 0. The number of aryl methyl sites for hydroxylation is 1. The molecule has 1 N–H and O–H groups in total. The van der Waals surface area contributed by atoms with Crippen LogP contribution < -0.4 is 5.32 Å². The summed E-state index contributed by atoms with van der Waals surface area (Å²) in [5.74, 6) is 0. The van der Waals surface area contributed by atoms with Gasteiger partial charge in [0, 0.05) is 41.5 Å². The summed E-state index contributed by atoms with van der Waals surface area (Å²) in [6.45, 7) is 16.0. The Morgan fingerprint density at radius 1 is 1.45 bits per heavy atom. The van der Waals surface area contributed by atoms with Crippen molar-refractivity contribution in [1.29, 1.82) is 0 Å². The summed E-state index contributed by atoms with van der Waals surface area (Å²) < 4.78 is 5.61. The van der Waals surface area contributed by atoms with Gasteiger partial charge in [0.2, 0.25) is 0 Å². The van der Waals surface area contributed by atoms with Crippen molar-refractivity contribution in [2.45, 2.75) is 59.4 Å². The Bertz CT molecular complexity index is 436. The van der Waals surface area contributed by atoms with Gasteiger partial charge in [0.25, 0.3) is 0 Å². The van der Waals surface area contributed by atoms with E-state index in [0.29, 0.717) is 6.10 Å². The molecule has 4 heteroatoms. The van der Waals surface area contributed by atoms with Crippen molar-refractivity contribution in [3.8, 4) is 0 Å². The van der Waals surface area contributed by atoms with Crippen molar-refractivity contribution in [1.82, 2.24) is 10.2 Å². The van der Waals surface area contributed by atoms with Gasteiger partial charge in [0.1, 0.15) is 0 Å². The fourth-order valence-electron chi connectivity index (χ4n) is 2.46. The van der Waals surface area contributed by atoms with Crippen molar-refractivity contribution in [2.24, 2.45) is 0 Å². The quantitative estimate of drug-likeness (QED) is 0.923. The zero-order chi connectivity index (χ0) is 14.8. The first kappa shape index (κ1) is 16.0. The second kappa shape index (κ2) is 6.56. The maximum absolute atomic E-state index is 5.61. The van der Waals surface area contributed by atoms with Crippen LogP contribution in [-0.2, 0) is 17.8 Å². The summed E-state index contributed by atoms with van der Waals surface area (Å²) in [5, 5.41) is 3.57. The summed E-state index contributed by atoms with van der Waals surface area (Å²) in [4.78, 5) is 5.40. The molecule has 20 heavy (non-hydrogen) atoms. The number of rotatable bonds is 4. The van der Waals surface area contributed by atoms with Crippen molar-refractivity contribution in [3.63, 3.8) is 0 Å². The smallest absolute Gasteiger partial charge is 0.0674 e. The molecule has 0 radical (unpaired) electrons. The van der Waals surface area contributed by atoms with E-state index < -0.39 is 0 Å². The predicted octanol–water partition coefficient (Wildman–Crippen LogP) is 3.17. The zero-order valence-corrected chi connectivity index (χ0v) is 14.3. The summed E-state index contributed by atoms with van der Waals surface area (Å²) in [6.07, 6.45) is 0.365. The highest BCUT2D eigenvalue weighted by molar-refractivity contribution is 7.12. The Hall–Kier alpha value is -0.420. The number of thiophene rings is 1. The lowest BCUT2D eigenvalue weighted by Gasteiger charge is -2.31. The van der Waals surface area contributed by atoms with E-state index in [0.717, 1.165) is 32.8 Å². The molecular formula is C16H28N2OS. The Labute approximate surface area is 127 Å². The highest BCUT2D eigenvalue weighted by Gasteiger charge is 2.18. The van der Waals surface area contributed by atoms with Gasteiger partial charge >= 0.3 is 0 Å². The Morgan fingerprint density at radius 2 is 2.20 bits per heavy atom. The molecule has 0 saturated carbocycles. The van der Waals surface area contributed by atoms with Crippen molar-refractivity contribution in [3.05, 3.63) is 21.4 Å². The number of nitrogens with zero attached hydrogens (tertiary/aromatic N) is 1. The number of morpholine rings is 1. The molecule has 1 aliphatic heterocycles. The van der Waals surface area contributed by atoms with Gasteiger partial charge in [0.05, 0.1) is 12.7 Å². The first-order valence-electron chi connectivity index (χ1n) is 7.50. The van der Waals surface area contributed by atoms with E-state index in [4.69, 9.17) is 4.74 Å². The lowest BCUT2D eigenvalue weighted by Crippen LogP contribution is -2.40. The fraction of sp³-hybridized carbons (Fsp3) is 0.750. The zero-order valence-electron chi connectivity index (χ0n) is 13.5. The third-order valence-electron chi connectivity index (χ3n) is 3.58. The van der Waals surface area contributed by atoms with Crippen LogP contribution in [0.25, 0.3) is 0 Å². The molecule has 1 unspecified atom stereocenters. The van der Waals surface area contributed by atoms with Gasteiger partial charge < -0.3 is 10.1 Å². The minimum atomic E-state index is 0.178. The molecule has 0 aromatic carbocycles. The second-order valence-electron chi connectivity index (χ2n) is 6.81. The fourth-order valence-corrected chi connectivity index (χ4v) is 3.45. The van der Waals surface area contributed by atoms with E-state index >= 15 is 0 Å². The van der Waals surface area contributed by atoms with Gasteiger partial charge in [-0.25, -0.2) is 0 Å². The summed E-state index contributed by atoms with van der Waals surface area (Å²) in [5.41, 5.74) is 1.66. The topological polar surface area (TPSA) is 24.5 Å². The van der Waals surface area contributed by atoms with E-state index in [1.165, 1.54) is 15.3 Å². The summed E-state index contributed by atoms with van der Waals surface area (Å²) in [6, 6.07) is 2.37. The van der Waals surface area contributed by atoms with Crippen LogP contribution in [0.5, 0.6) is 0 Å². The monoisotopic (exact) mass is 296 g/mol. The van der Waals surface area contributed by atoms with Crippen LogP contribution in [0, 0.1) is 6.92 Å². The van der Waals surface area contributed by atoms with E-state index in [-0.39, 0.29) is 5.54 Å². The molecule has 0 spiro atoms. The minimum Gasteiger partial charge on any atom is -0.376 e. The lowest BCUT2D eigenvalue weighted by molar-refractivity contribution is -0.0212. The first-order chi connectivity index (χ1) is 9.33. The molecular weight excluding hydrogens is 268 g/mol. The molecule has 0 amide bonds. The molecule has 1 fully saturated rings.